The molecule has 0 atom stereocenters. The lowest BCUT2D eigenvalue weighted by Gasteiger charge is -2.09. The van der Waals surface area contributed by atoms with Crippen molar-refractivity contribution in [1.29, 1.82) is 0 Å². The molecule has 0 aliphatic rings. The molecule has 6 nitrogen and oxygen atoms in total. The van der Waals surface area contributed by atoms with Gasteiger partial charge in [-0.25, -0.2) is 9.78 Å². The molecule has 3 aromatic rings. The molecule has 0 saturated heterocycles. The predicted octanol–water partition coefficient (Wildman–Crippen LogP) is 4.49. The third-order valence-electron chi connectivity index (χ3n) is 4.33. The van der Waals surface area contributed by atoms with Crippen LogP contribution in [0.15, 0.2) is 66.9 Å². The number of benzene rings is 2. The van der Waals surface area contributed by atoms with Crippen LogP contribution in [0.5, 0.6) is 0 Å². The maximum absolute atomic E-state index is 12.3. The van der Waals surface area contributed by atoms with Crippen molar-refractivity contribution in [1.82, 2.24) is 4.98 Å². The predicted molar refractivity (Wildman–Crippen MR) is 113 cm³/mol. The molecule has 0 bridgehead atoms. The summed E-state index contributed by atoms with van der Waals surface area (Å²) in [6, 6.07) is 18.4. The van der Waals surface area contributed by atoms with Crippen LogP contribution in [0.25, 0.3) is 0 Å². The van der Waals surface area contributed by atoms with E-state index in [0.717, 1.165) is 16.8 Å². The highest BCUT2D eigenvalue weighted by Crippen LogP contribution is 2.18. The molecule has 1 aromatic heterocycles. The number of aryl methyl sites for hydroxylation is 1. The molecular weight excluding hydrogens is 366 g/mol. The van der Waals surface area contributed by atoms with Crippen LogP contribution in [0.4, 0.5) is 17.2 Å². The molecule has 2 aromatic carbocycles. The van der Waals surface area contributed by atoms with Crippen molar-refractivity contribution in [2.45, 2.75) is 20.3 Å². The summed E-state index contributed by atoms with van der Waals surface area (Å²) in [5.74, 6) is 0.199. The first-order chi connectivity index (χ1) is 14.0. The van der Waals surface area contributed by atoms with Crippen LogP contribution >= 0.6 is 0 Å². The number of hydrogen-bond donors (Lipinski definition) is 2. The van der Waals surface area contributed by atoms with Crippen molar-refractivity contribution in [2.75, 3.05) is 17.2 Å². The second-order valence-corrected chi connectivity index (χ2v) is 6.51. The van der Waals surface area contributed by atoms with Gasteiger partial charge in [-0.15, -0.1) is 0 Å². The van der Waals surface area contributed by atoms with Gasteiger partial charge in [-0.3, -0.25) is 4.79 Å². The number of nitrogens with zero attached hydrogens (tertiary/aromatic N) is 1. The topological polar surface area (TPSA) is 80.3 Å². The molecule has 1 heterocycles. The van der Waals surface area contributed by atoms with Crippen molar-refractivity contribution in [3.05, 3.63) is 83.6 Å². The van der Waals surface area contributed by atoms with Gasteiger partial charge in [0.25, 0.3) is 0 Å². The number of esters is 1. The van der Waals surface area contributed by atoms with Crippen LogP contribution in [0.3, 0.4) is 0 Å². The van der Waals surface area contributed by atoms with E-state index in [9.17, 15) is 9.59 Å². The number of rotatable bonds is 7. The molecule has 0 fully saturated rings. The van der Waals surface area contributed by atoms with Crippen LogP contribution < -0.4 is 10.6 Å². The zero-order chi connectivity index (χ0) is 20.6. The minimum Gasteiger partial charge on any atom is -0.462 e. The molecule has 1 amide bonds. The maximum Gasteiger partial charge on any atom is 0.338 e. The molecule has 148 valence electrons. The Morgan fingerprint density at radius 3 is 2.34 bits per heavy atom. The summed E-state index contributed by atoms with van der Waals surface area (Å²) in [5.41, 5.74) is 4.02. The maximum atomic E-state index is 12.3. The Hall–Kier alpha value is -3.67. The van der Waals surface area contributed by atoms with Gasteiger partial charge in [-0.05, 0) is 61.4 Å². The Kier molecular flexibility index (Phi) is 6.58. The zero-order valence-electron chi connectivity index (χ0n) is 16.4. The third kappa shape index (κ3) is 5.65. The summed E-state index contributed by atoms with van der Waals surface area (Å²) in [4.78, 5) is 28.3. The van der Waals surface area contributed by atoms with Gasteiger partial charge < -0.3 is 15.4 Å². The number of pyridine rings is 1. The number of carbonyl (C=O) groups is 2. The summed E-state index contributed by atoms with van der Waals surface area (Å²) in [6.07, 6.45) is 1.92. The highest BCUT2D eigenvalue weighted by atomic mass is 16.5. The fourth-order valence-electron chi connectivity index (χ4n) is 2.78. The van der Waals surface area contributed by atoms with Gasteiger partial charge in [-0.1, -0.05) is 24.3 Å². The Bertz CT molecular complexity index is 983. The molecule has 0 radical (unpaired) electrons. The van der Waals surface area contributed by atoms with Crippen LogP contribution in [0.2, 0.25) is 0 Å². The average Bonchev–Trinajstić information content (AvgIpc) is 2.72. The normalized spacial score (nSPS) is 10.3. The summed E-state index contributed by atoms with van der Waals surface area (Å²) in [5, 5.41) is 6.01. The van der Waals surface area contributed by atoms with Gasteiger partial charge in [0.15, 0.2) is 0 Å². The highest BCUT2D eigenvalue weighted by molar-refractivity contribution is 5.92. The third-order valence-corrected chi connectivity index (χ3v) is 4.33. The monoisotopic (exact) mass is 389 g/mol. The zero-order valence-corrected chi connectivity index (χ0v) is 16.4. The van der Waals surface area contributed by atoms with Crippen molar-refractivity contribution < 1.29 is 14.3 Å². The van der Waals surface area contributed by atoms with E-state index in [1.807, 2.05) is 31.2 Å². The number of nitrogens with one attached hydrogen (secondary N) is 2. The Morgan fingerprint density at radius 2 is 1.69 bits per heavy atom. The summed E-state index contributed by atoms with van der Waals surface area (Å²) >= 11 is 0. The van der Waals surface area contributed by atoms with E-state index in [2.05, 4.69) is 15.6 Å². The number of anilines is 3. The first-order valence-corrected chi connectivity index (χ1v) is 9.40. The molecule has 0 saturated carbocycles. The number of carbonyl (C=O) groups excluding carboxylic acids is 2. The van der Waals surface area contributed by atoms with E-state index in [4.69, 9.17) is 4.74 Å². The quantitative estimate of drug-likeness (QED) is 0.582. The highest BCUT2D eigenvalue weighted by Gasteiger charge is 2.08. The smallest absolute Gasteiger partial charge is 0.338 e. The lowest BCUT2D eigenvalue weighted by atomic mass is 10.1. The molecule has 0 spiro atoms. The first-order valence-electron chi connectivity index (χ1n) is 9.40. The van der Waals surface area contributed by atoms with Crippen molar-refractivity contribution in [3.63, 3.8) is 0 Å². The summed E-state index contributed by atoms with van der Waals surface area (Å²) in [6.45, 7) is 4.11. The molecule has 0 unspecified atom stereocenters. The van der Waals surface area contributed by atoms with E-state index < -0.39 is 0 Å². The summed E-state index contributed by atoms with van der Waals surface area (Å²) < 4.78 is 4.97. The van der Waals surface area contributed by atoms with Crippen molar-refractivity contribution >= 4 is 29.1 Å². The standard InChI is InChI=1S/C23H23N3O3/c1-3-29-23(28)17-8-10-19(11-9-17)25-21-13-12-20(15-24-21)26-22(27)14-18-7-5-4-6-16(18)2/h4-13,15H,3,14H2,1-2H3,(H,24,25)(H,26,27). The molecular formula is C23H23N3O3. The molecule has 0 aliphatic carbocycles. The number of ether oxygens (including phenoxy) is 1. The fraction of sp³-hybridized carbons (Fsp3) is 0.174. The Balaban J connectivity index is 1.56. The van der Waals surface area contributed by atoms with E-state index in [1.165, 1.54) is 0 Å². The van der Waals surface area contributed by atoms with Crippen molar-refractivity contribution in [2.24, 2.45) is 0 Å². The molecule has 6 heteroatoms. The van der Waals surface area contributed by atoms with E-state index in [1.54, 1.807) is 49.5 Å². The van der Waals surface area contributed by atoms with Crippen LogP contribution in [-0.2, 0) is 16.0 Å². The second kappa shape index (κ2) is 9.50. The SMILES string of the molecule is CCOC(=O)c1ccc(Nc2ccc(NC(=O)Cc3ccccc3C)cn2)cc1. The van der Waals surface area contributed by atoms with E-state index >= 15 is 0 Å². The number of aromatic nitrogens is 1. The molecule has 29 heavy (non-hydrogen) atoms. The van der Waals surface area contributed by atoms with Crippen LogP contribution in [-0.4, -0.2) is 23.5 Å². The van der Waals surface area contributed by atoms with Crippen LogP contribution in [0, 0.1) is 6.92 Å². The Labute approximate surface area is 169 Å². The minimum absolute atomic E-state index is 0.0867. The Morgan fingerprint density at radius 1 is 0.966 bits per heavy atom. The van der Waals surface area contributed by atoms with Gasteiger partial charge in [0.1, 0.15) is 5.82 Å². The average molecular weight is 389 g/mol. The fourth-order valence-corrected chi connectivity index (χ4v) is 2.78. The van der Waals surface area contributed by atoms with Gasteiger partial charge >= 0.3 is 5.97 Å². The van der Waals surface area contributed by atoms with Gasteiger partial charge in [0.05, 0.1) is 30.5 Å². The minimum atomic E-state index is -0.344. The lowest BCUT2D eigenvalue weighted by Crippen LogP contribution is -2.15. The van der Waals surface area contributed by atoms with Crippen LogP contribution in [0.1, 0.15) is 28.4 Å². The molecule has 3 rings (SSSR count). The summed E-state index contributed by atoms with van der Waals surface area (Å²) in [7, 11) is 0. The van der Waals surface area contributed by atoms with Gasteiger partial charge in [-0.2, -0.15) is 0 Å². The number of amides is 1. The first kappa shape index (κ1) is 20.1. The van der Waals surface area contributed by atoms with Crippen molar-refractivity contribution in [3.8, 4) is 0 Å². The number of hydrogen-bond acceptors (Lipinski definition) is 5. The lowest BCUT2D eigenvalue weighted by molar-refractivity contribution is -0.115. The molecule has 2 N–H and O–H groups in total. The van der Waals surface area contributed by atoms with Gasteiger partial charge in [0.2, 0.25) is 5.91 Å². The molecule has 0 aliphatic heterocycles. The largest absolute Gasteiger partial charge is 0.462 e. The van der Waals surface area contributed by atoms with E-state index in [-0.39, 0.29) is 11.9 Å². The van der Waals surface area contributed by atoms with E-state index in [0.29, 0.717) is 30.1 Å². The second-order valence-electron chi connectivity index (χ2n) is 6.51. The van der Waals surface area contributed by atoms with Gasteiger partial charge in [0, 0.05) is 5.69 Å².